The molecule has 0 aliphatic heterocycles. The van der Waals surface area contributed by atoms with Gasteiger partial charge in [-0.1, -0.05) is 35.9 Å². The van der Waals surface area contributed by atoms with Crippen molar-refractivity contribution in [3.05, 3.63) is 64.2 Å². The SMILES string of the molecule is Cc1cc(C)c(NC(=O)CSCc2cccc(C(F)(F)F)c2)c(C)c1. The lowest BCUT2D eigenvalue weighted by molar-refractivity contribution is -0.137. The molecule has 2 aromatic rings. The first-order valence-electron chi connectivity index (χ1n) is 7.78. The molecule has 0 unspecified atom stereocenters. The topological polar surface area (TPSA) is 29.1 Å². The summed E-state index contributed by atoms with van der Waals surface area (Å²) in [5.74, 6) is 0.374. The summed E-state index contributed by atoms with van der Waals surface area (Å²) < 4.78 is 38.1. The molecule has 0 aliphatic carbocycles. The second-order valence-corrected chi connectivity index (χ2v) is 7.00. The molecule has 25 heavy (non-hydrogen) atoms. The summed E-state index contributed by atoms with van der Waals surface area (Å²) in [6.45, 7) is 5.87. The minimum Gasteiger partial charge on any atom is -0.325 e. The summed E-state index contributed by atoms with van der Waals surface area (Å²) >= 11 is 1.29. The number of hydrogen-bond donors (Lipinski definition) is 1. The Morgan fingerprint density at radius 2 is 1.72 bits per heavy atom. The highest BCUT2D eigenvalue weighted by atomic mass is 32.2. The lowest BCUT2D eigenvalue weighted by Gasteiger charge is -2.13. The number of nitrogens with one attached hydrogen (secondary N) is 1. The summed E-state index contributed by atoms with van der Waals surface area (Å²) in [5.41, 5.74) is 3.81. The van der Waals surface area contributed by atoms with Gasteiger partial charge in [-0.25, -0.2) is 0 Å². The smallest absolute Gasteiger partial charge is 0.325 e. The van der Waals surface area contributed by atoms with Gasteiger partial charge in [-0.15, -0.1) is 11.8 Å². The maximum atomic E-state index is 12.7. The van der Waals surface area contributed by atoms with E-state index in [0.29, 0.717) is 11.3 Å². The Morgan fingerprint density at radius 3 is 2.32 bits per heavy atom. The van der Waals surface area contributed by atoms with Gasteiger partial charge in [0.15, 0.2) is 0 Å². The summed E-state index contributed by atoms with van der Waals surface area (Å²) in [7, 11) is 0. The van der Waals surface area contributed by atoms with Gasteiger partial charge < -0.3 is 5.32 Å². The predicted molar refractivity (Wildman–Crippen MR) is 96.9 cm³/mol. The molecule has 0 saturated carbocycles. The van der Waals surface area contributed by atoms with E-state index in [9.17, 15) is 18.0 Å². The van der Waals surface area contributed by atoms with Gasteiger partial charge in [0.2, 0.25) is 5.91 Å². The van der Waals surface area contributed by atoms with E-state index < -0.39 is 11.7 Å². The Balaban J connectivity index is 1.91. The third-order valence-corrected chi connectivity index (χ3v) is 4.70. The van der Waals surface area contributed by atoms with Gasteiger partial charge in [-0.05, 0) is 43.5 Å². The van der Waals surface area contributed by atoms with Gasteiger partial charge in [0.05, 0.1) is 11.3 Å². The van der Waals surface area contributed by atoms with Crippen molar-refractivity contribution in [2.45, 2.75) is 32.7 Å². The molecule has 0 saturated heterocycles. The second-order valence-electron chi connectivity index (χ2n) is 6.01. The van der Waals surface area contributed by atoms with Crippen molar-refractivity contribution in [1.29, 1.82) is 0 Å². The first kappa shape index (κ1) is 19.4. The van der Waals surface area contributed by atoms with Crippen molar-refractivity contribution >= 4 is 23.4 Å². The van der Waals surface area contributed by atoms with Crippen LogP contribution in [0.25, 0.3) is 0 Å². The number of aryl methyl sites for hydroxylation is 3. The number of thioether (sulfide) groups is 1. The molecule has 0 aliphatic rings. The van der Waals surface area contributed by atoms with E-state index in [1.54, 1.807) is 6.07 Å². The van der Waals surface area contributed by atoms with E-state index in [0.717, 1.165) is 34.5 Å². The van der Waals surface area contributed by atoms with Crippen LogP contribution in [0.1, 0.15) is 27.8 Å². The van der Waals surface area contributed by atoms with Crippen LogP contribution < -0.4 is 5.32 Å². The van der Waals surface area contributed by atoms with Crippen molar-refractivity contribution in [2.75, 3.05) is 11.1 Å². The van der Waals surface area contributed by atoms with E-state index in [-0.39, 0.29) is 11.7 Å². The molecule has 0 fully saturated rings. The van der Waals surface area contributed by atoms with E-state index in [4.69, 9.17) is 0 Å². The Bertz CT molecular complexity index is 748. The molecule has 1 amide bonds. The summed E-state index contributed by atoms with van der Waals surface area (Å²) in [6.07, 6.45) is -4.35. The molecular formula is C19H20F3NOS. The molecule has 2 aromatic carbocycles. The first-order chi connectivity index (χ1) is 11.7. The average molecular weight is 367 g/mol. The molecular weight excluding hydrogens is 347 g/mol. The van der Waals surface area contributed by atoms with Crippen molar-refractivity contribution < 1.29 is 18.0 Å². The number of carbonyl (C=O) groups excluding carboxylic acids is 1. The second kappa shape index (κ2) is 7.95. The Morgan fingerprint density at radius 1 is 1.08 bits per heavy atom. The van der Waals surface area contributed by atoms with Crippen LogP contribution in [0.15, 0.2) is 36.4 Å². The highest BCUT2D eigenvalue weighted by Gasteiger charge is 2.30. The number of carbonyl (C=O) groups is 1. The molecule has 6 heteroatoms. The normalized spacial score (nSPS) is 11.4. The number of anilines is 1. The number of benzene rings is 2. The van der Waals surface area contributed by atoms with Crippen LogP contribution in [-0.4, -0.2) is 11.7 Å². The summed E-state index contributed by atoms with van der Waals surface area (Å²) in [6, 6.07) is 9.19. The third kappa shape index (κ3) is 5.53. The quantitative estimate of drug-likeness (QED) is 0.756. The van der Waals surface area contributed by atoms with Gasteiger partial charge >= 0.3 is 6.18 Å². The van der Waals surface area contributed by atoms with Crippen LogP contribution in [0.5, 0.6) is 0 Å². The Labute approximate surface area is 149 Å². The third-order valence-electron chi connectivity index (χ3n) is 3.70. The highest BCUT2D eigenvalue weighted by Crippen LogP contribution is 2.30. The lowest BCUT2D eigenvalue weighted by Crippen LogP contribution is -2.16. The molecule has 1 N–H and O–H groups in total. The van der Waals surface area contributed by atoms with Crippen LogP contribution in [0, 0.1) is 20.8 Å². The van der Waals surface area contributed by atoms with Crippen LogP contribution in [0.3, 0.4) is 0 Å². The number of halogens is 3. The van der Waals surface area contributed by atoms with Gasteiger partial charge in [-0.2, -0.15) is 13.2 Å². The van der Waals surface area contributed by atoms with E-state index in [2.05, 4.69) is 5.32 Å². The van der Waals surface area contributed by atoms with Crippen molar-refractivity contribution in [3.63, 3.8) is 0 Å². The molecule has 0 radical (unpaired) electrons. The zero-order valence-electron chi connectivity index (χ0n) is 14.3. The zero-order chi connectivity index (χ0) is 18.6. The summed E-state index contributed by atoms with van der Waals surface area (Å²) in [4.78, 5) is 12.1. The van der Waals surface area contributed by atoms with E-state index >= 15 is 0 Å². The number of hydrogen-bond acceptors (Lipinski definition) is 2. The maximum absolute atomic E-state index is 12.7. The fourth-order valence-corrected chi connectivity index (χ4v) is 3.43. The average Bonchev–Trinajstić information content (AvgIpc) is 2.50. The molecule has 0 bridgehead atoms. The molecule has 0 heterocycles. The fourth-order valence-electron chi connectivity index (χ4n) is 2.65. The zero-order valence-corrected chi connectivity index (χ0v) is 15.1. The first-order valence-corrected chi connectivity index (χ1v) is 8.94. The van der Waals surface area contributed by atoms with E-state index in [1.807, 2.05) is 32.9 Å². The Kier molecular flexibility index (Phi) is 6.16. The van der Waals surface area contributed by atoms with Crippen LogP contribution in [-0.2, 0) is 16.7 Å². The van der Waals surface area contributed by atoms with Crippen molar-refractivity contribution in [2.24, 2.45) is 0 Å². The number of rotatable bonds is 5. The van der Waals surface area contributed by atoms with Crippen LogP contribution in [0.2, 0.25) is 0 Å². The van der Waals surface area contributed by atoms with Gasteiger partial charge in [0.1, 0.15) is 0 Å². The predicted octanol–water partition coefficient (Wildman–Crippen LogP) is 5.50. The van der Waals surface area contributed by atoms with Gasteiger partial charge in [0, 0.05) is 11.4 Å². The molecule has 0 spiro atoms. The highest BCUT2D eigenvalue weighted by molar-refractivity contribution is 7.99. The molecule has 134 valence electrons. The lowest BCUT2D eigenvalue weighted by atomic mass is 10.1. The molecule has 2 rings (SSSR count). The van der Waals surface area contributed by atoms with Gasteiger partial charge in [0.25, 0.3) is 0 Å². The fraction of sp³-hybridized carbons (Fsp3) is 0.316. The monoisotopic (exact) mass is 367 g/mol. The minimum absolute atomic E-state index is 0.160. The maximum Gasteiger partial charge on any atom is 0.416 e. The number of alkyl halides is 3. The number of amides is 1. The van der Waals surface area contributed by atoms with Gasteiger partial charge in [-0.3, -0.25) is 4.79 Å². The Hall–Kier alpha value is -1.95. The molecule has 2 nitrogen and oxygen atoms in total. The molecule has 0 aromatic heterocycles. The minimum atomic E-state index is -4.35. The summed E-state index contributed by atoms with van der Waals surface area (Å²) in [5, 5.41) is 2.89. The molecule has 0 atom stereocenters. The van der Waals surface area contributed by atoms with E-state index in [1.165, 1.54) is 17.8 Å². The van der Waals surface area contributed by atoms with Crippen LogP contribution in [0.4, 0.5) is 18.9 Å². The van der Waals surface area contributed by atoms with Crippen molar-refractivity contribution in [1.82, 2.24) is 0 Å². The van der Waals surface area contributed by atoms with Crippen molar-refractivity contribution in [3.8, 4) is 0 Å². The largest absolute Gasteiger partial charge is 0.416 e. The standard InChI is InChI=1S/C19H20F3NOS/c1-12-7-13(2)18(14(3)8-12)23-17(24)11-25-10-15-5-4-6-16(9-15)19(20,21)22/h4-9H,10-11H2,1-3H3,(H,23,24). The van der Waals surface area contributed by atoms with Crippen LogP contribution >= 0.6 is 11.8 Å².